The fourth-order valence-electron chi connectivity index (χ4n) is 2.87. The van der Waals surface area contributed by atoms with Crippen LogP contribution in [-0.4, -0.2) is 42.6 Å². The molecule has 0 amide bonds. The van der Waals surface area contributed by atoms with Crippen molar-refractivity contribution in [2.45, 2.75) is 29.8 Å². The van der Waals surface area contributed by atoms with E-state index in [9.17, 15) is 0 Å². The van der Waals surface area contributed by atoms with E-state index in [4.69, 9.17) is 4.74 Å². The molecule has 1 fully saturated rings. The van der Waals surface area contributed by atoms with Crippen molar-refractivity contribution in [1.29, 1.82) is 0 Å². The van der Waals surface area contributed by atoms with Crippen molar-refractivity contribution < 1.29 is 4.74 Å². The molecule has 0 aromatic heterocycles. The zero-order valence-electron chi connectivity index (χ0n) is 12.3. The van der Waals surface area contributed by atoms with Gasteiger partial charge in [-0.05, 0) is 56.6 Å². The second kappa shape index (κ2) is 6.23. The largest absolute Gasteiger partial charge is 0.492 e. The molecule has 20 heavy (non-hydrogen) atoms. The summed E-state index contributed by atoms with van der Waals surface area (Å²) in [6.07, 6.45) is 6.48. The first-order chi connectivity index (χ1) is 9.70. The standard InChI is InChI=1S/C17H23NOS/c1-18(2)9-10-19-15-5-3-13(4-6-15)14-11-16-7-8-17(12-14)20-16/h3-6,11,16-17H,7-10,12H2,1-2H3. The van der Waals surface area contributed by atoms with Crippen LogP contribution in [0.5, 0.6) is 5.75 Å². The summed E-state index contributed by atoms with van der Waals surface area (Å²) in [5, 5.41) is 1.62. The van der Waals surface area contributed by atoms with Crippen molar-refractivity contribution in [2.75, 3.05) is 27.2 Å². The fourth-order valence-corrected chi connectivity index (χ4v) is 4.43. The highest BCUT2D eigenvalue weighted by Crippen LogP contribution is 2.45. The molecule has 0 radical (unpaired) electrons. The van der Waals surface area contributed by atoms with Gasteiger partial charge < -0.3 is 9.64 Å². The Hall–Kier alpha value is -0.930. The maximum absolute atomic E-state index is 5.75. The van der Waals surface area contributed by atoms with Gasteiger partial charge in [-0.3, -0.25) is 0 Å². The van der Waals surface area contributed by atoms with E-state index in [1.807, 2.05) is 0 Å². The number of benzene rings is 1. The molecule has 108 valence electrons. The van der Waals surface area contributed by atoms with Gasteiger partial charge in [0.1, 0.15) is 12.4 Å². The van der Waals surface area contributed by atoms with Crippen molar-refractivity contribution in [3.63, 3.8) is 0 Å². The van der Waals surface area contributed by atoms with Gasteiger partial charge in [0.15, 0.2) is 0 Å². The Kier molecular flexibility index (Phi) is 4.37. The lowest BCUT2D eigenvalue weighted by atomic mass is 10.0. The van der Waals surface area contributed by atoms with E-state index < -0.39 is 0 Å². The van der Waals surface area contributed by atoms with Crippen molar-refractivity contribution in [3.05, 3.63) is 35.9 Å². The van der Waals surface area contributed by atoms with E-state index in [1.165, 1.54) is 30.4 Å². The molecule has 0 N–H and O–H groups in total. The smallest absolute Gasteiger partial charge is 0.119 e. The van der Waals surface area contributed by atoms with Gasteiger partial charge in [0, 0.05) is 17.0 Å². The highest BCUT2D eigenvalue weighted by Gasteiger charge is 2.29. The van der Waals surface area contributed by atoms with E-state index in [-0.39, 0.29) is 0 Å². The summed E-state index contributed by atoms with van der Waals surface area (Å²) in [5.41, 5.74) is 2.92. The van der Waals surface area contributed by atoms with Crippen molar-refractivity contribution >= 4 is 17.3 Å². The average molecular weight is 289 g/mol. The molecule has 2 nitrogen and oxygen atoms in total. The summed E-state index contributed by atoms with van der Waals surface area (Å²) in [6, 6.07) is 8.64. The molecule has 1 aromatic carbocycles. The van der Waals surface area contributed by atoms with Crippen LogP contribution >= 0.6 is 11.8 Å². The van der Waals surface area contributed by atoms with Gasteiger partial charge in [-0.2, -0.15) is 11.8 Å². The van der Waals surface area contributed by atoms with Gasteiger partial charge in [0.2, 0.25) is 0 Å². The molecule has 2 heterocycles. The molecule has 2 aliphatic rings. The summed E-state index contributed by atoms with van der Waals surface area (Å²) < 4.78 is 5.75. The van der Waals surface area contributed by atoms with Crippen LogP contribution in [-0.2, 0) is 0 Å². The summed E-state index contributed by atoms with van der Waals surface area (Å²) in [4.78, 5) is 2.13. The third kappa shape index (κ3) is 3.39. The number of rotatable bonds is 5. The minimum absolute atomic E-state index is 0.746. The average Bonchev–Trinajstić information content (AvgIpc) is 2.78. The Labute approximate surface area is 126 Å². The van der Waals surface area contributed by atoms with Crippen LogP contribution in [0.2, 0.25) is 0 Å². The van der Waals surface area contributed by atoms with Crippen LogP contribution in [0.1, 0.15) is 24.8 Å². The minimum Gasteiger partial charge on any atom is -0.492 e. The first-order valence-electron chi connectivity index (χ1n) is 7.45. The molecule has 1 aromatic rings. The summed E-state index contributed by atoms with van der Waals surface area (Å²) >= 11 is 2.16. The number of fused-ring (bicyclic) bond motifs is 2. The maximum Gasteiger partial charge on any atom is 0.119 e. The lowest BCUT2D eigenvalue weighted by Crippen LogP contribution is -2.19. The predicted octanol–water partition coefficient (Wildman–Crippen LogP) is 3.68. The lowest BCUT2D eigenvalue weighted by molar-refractivity contribution is 0.261. The van der Waals surface area contributed by atoms with E-state index in [2.05, 4.69) is 61.1 Å². The van der Waals surface area contributed by atoms with Crippen molar-refractivity contribution in [1.82, 2.24) is 4.90 Å². The van der Waals surface area contributed by atoms with Crippen molar-refractivity contribution in [2.24, 2.45) is 0 Å². The first kappa shape index (κ1) is 14.0. The second-order valence-electron chi connectivity index (χ2n) is 5.95. The monoisotopic (exact) mass is 289 g/mol. The van der Waals surface area contributed by atoms with E-state index in [0.29, 0.717) is 0 Å². The molecule has 2 atom stereocenters. The summed E-state index contributed by atoms with van der Waals surface area (Å²) in [6.45, 7) is 1.70. The molecular weight excluding hydrogens is 266 g/mol. The molecular formula is C17H23NOS. The first-order valence-corrected chi connectivity index (χ1v) is 8.39. The van der Waals surface area contributed by atoms with Crippen LogP contribution in [0.25, 0.3) is 5.57 Å². The Balaban J connectivity index is 1.61. The molecule has 2 unspecified atom stereocenters. The number of hydrogen-bond acceptors (Lipinski definition) is 3. The molecule has 0 aliphatic carbocycles. The number of ether oxygens (including phenoxy) is 1. The number of hydrogen-bond donors (Lipinski definition) is 0. The molecule has 1 saturated heterocycles. The highest BCUT2D eigenvalue weighted by atomic mass is 32.2. The van der Waals surface area contributed by atoms with Gasteiger partial charge >= 0.3 is 0 Å². The number of nitrogens with zero attached hydrogens (tertiary/aromatic N) is 1. The van der Waals surface area contributed by atoms with Gasteiger partial charge in [0.25, 0.3) is 0 Å². The van der Waals surface area contributed by atoms with E-state index in [0.717, 1.165) is 29.4 Å². The maximum atomic E-state index is 5.75. The number of thioether (sulfide) groups is 1. The van der Waals surface area contributed by atoms with Crippen LogP contribution < -0.4 is 4.74 Å². The minimum atomic E-state index is 0.746. The summed E-state index contributed by atoms with van der Waals surface area (Å²) in [5.74, 6) is 0.976. The Morgan fingerprint density at radius 2 is 2.00 bits per heavy atom. The van der Waals surface area contributed by atoms with Gasteiger partial charge in [0.05, 0.1) is 0 Å². The van der Waals surface area contributed by atoms with Gasteiger partial charge in [-0.1, -0.05) is 18.2 Å². The second-order valence-corrected chi connectivity index (χ2v) is 7.49. The Morgan fingerprint density at radius 1 is 1.20 bits per heavy atom. The zero-order chi connectivity index (χ0) is 13.9. The van der Waals surface area contributed by atoms with Crippen LogP contribution in [0.4, 0.5) is 0 Å². The third-order valence-corrected chi connectivity index (χ3v) is 5.52. The van der Waals surface area contributed by atoms with E-state index >= 15 is 0 Å². The fraction of sp³-hybridized carbons (Fsp3) is 0.529. The molecule has 3 rings (SSSR count). The van der Waals surface area contributed by atoms with Crippen LogP contribution in [0.3, 0.4) is 0 Å². The van der Waals surface area contributed by atoms with Crippen LogP contribution in [0.15, 0.2) is 30.3 Å². The highest BCUT2D eigenvalue weighted by molar-refractivity contribution is 8.01. The third-order valence-electron chi connectivity index (χ3n) is 4.01. The lowest BCUT2D eigenvalue weighted by Gasteiger charge is -2.19. The number of likely N-dealkylation sites (N-methyl/N-ethyl adjacent to an activating group) is 1. The molecule has 2 bridgehead atoms. The molecule has 0 spiro atoms. The Morgan fingerprint density at radius 3 is 2.70 bits per heavy atom. The molecule has 2 aliphatic heterocycles. The number of allylic oxidation sites excluding steroid dienone is 1. The topological polar surface area (TPSA) is 12.5 Å². The molecule has 0 saturated carbocycles. The van der Waals surface area contributed by atoms with Gasteiger partial charge in [-0.15, -0.1) is 0 Å². The molecule has 3 heteroatoms. The van der Waals surface area contributed by atoms with Crippen LogP contribution in [0, 0.1) is 0 Å². The Bertz CT molecular complexity index is 480. The SMILES string of the molecule is CN(C)CCOc1ccc(C2=CC3CCC(C2)S3)cc1. The quantitative estimate of drug-likeness (QED) is 0.820. The normalized spacial score (nSPS) is 24.9. The summed E-state index contributed by atoms with van der Waals surface area (Å²) in [7, 11) is 4.13. The van der Waals surface area contributed by atoms with Gasteiger partial charge in [-0.25, -0.2) is 0 Å². The predicted molar refractivity (Wildman–Crippen MR) is 87.5 cm³/mol. The zero-order valence-corrected chi connectivity index (χ0v) is 13.2. The van der Waals surface area contributed by atoms with E-state index in [1.54, 1.807) is 0 Å². The van der Waals surface area contributed by atoms with Crippen molar-refractivity contribution in [3.8, 4) is 5.75 Å².